The van der Waals surface area contributed by atoms with E-state index in [1.54, 1.807) is 13.1 Å². The van der Waals surface area contributed by atoms with Crippen molar-refractivity contribution < 1.29 is 4.92 Å². The molecule has 1 aromatic carbocycles. The van der Waals surface area contributed by atoms with Gasteiger partial charge in [0, 0.05) is 25.7 Å². The van der Waals surface area contributed by atoms with Gasteiger partial charge < -0.3 is 5.32 Å². The van der Waals surface area contributed by atoms with Crippen molar-refractivity contribution in [2.45, 2.75) is 44.7 Å². The number of hydrogen-bond acceptors (Lipinski definition) is 4. The molecule has 2 unspecified atom stereocenters. The first-order valence-electron chi connectivity index (χ1n) is 7.88. The summed E-state index contributed by atoms with van der Waals surface area (Å²) in [6.07, 6.45) is 6.71. The quantitative estimate of drug-likeness (QED) is 0.681. The van der Waals surface area contributed by atoms with E-state index in [2.05, 4.69) is 10.2 Å². The molecule has 2 atom stereocenters. The van der Waals surface area contributed by atoms with E-state index in [1.165, 1.54) is 32.1 Å². The van der Waals surface area contributed by atoms with Gasteiger partial charge in [-0.25, -0.2) is 0 Å². The molecule has 5 heteroatoms. The number of nitro groups is 1. The van der Waals surface area contributed by atoms with Gasteiger partial charge in [0.15, 0.2) is 0 Å². The number of benzene rings is 1. The molecular formula is C16H23N3O2. The summed E-state index contributed by atoms with van der Waals surface area (Å²) >= 11 is 0. The topological polar surface area (TPSA) is 58.4 Å². The molecule has 0 bridgehead atoms. The SMILES string of the molecule is CNc1cc(CN2CCCC3CCCC32)ccc1[N+](=O)[O-]. The van der Waals surface area contributed by atoms with Crippen LogP contribution in [0.2, 0.25) is 0 Å². The van der Waals surface area contributed by atoms with Crippen LogP contribution in [0.5, 0.6) is 0 Å². The minimum Gasteiger partial charge on any atom is -0.383 e. The van der Waals surface area contributed by atoms with Gasteiger partial charge in [-0.2, -0.15) is 0 Å². The Morgan fingerprint density at radius 2 is 2.14 bits per heavy atom. The van der Waals surface area contributed by atoms with Crippen LogP contribution in [0.25, 0.3) is 0 Å². The first-order valence-corrected chi connectivity index (χ1v) is 7.88. The second-order valence-corrected chi connectivity index (χ2v) is 6.23. The van der Waals surface area contributed by atoms with E-state index in [9.17, 15) is 10.1 Å². The molecule has 1 aliphatic heterocycles. The van der Waals surface area contributed by atoms with Gasteiger partial charge in [-0.15, -0.1) is 0 Å². The Morgan fingerprint density at radius 3 is 2.90 bits per heavy atom. The normalized spacial score (nSPS) is 25.6. The third-order valence-electron chi connectivity index (χ3n) is 5.02. The van der Waals surface area contributed by atoms with Crippen LogP contribution >= 0.6 is 0 Å². The van der Waals surface area contributed by atoms with Gasteiger partial charge >= 0.3 is 0 Å². The number of nitrogens with zero attached hydrogens (tertiary/aromatic N) is 2. The smallest absolute Gasteiger partial charge is 0.292 e. The number of likely N-dealkylation sites (tertiary alicyclic amines) is 1. The predicted octanol–water partition coefficient (Wildman–Crippen LogP) is 3.40. The van der Waals surface area contributed by atoms with E-state index in [1.807, 2.05) is 12.1 Å². The molecule has 0 aromatic heterocycles. The molecule has 1 aliphatic carbocycles. The minimum atomic E-state index is -0.330. The average Bonchev–Trinajstić information content (AvgIpc) is 2.96. The molecule has 21 heavy (non-hydrogen) atoms. The molecule has 0 amide bonds. The molecule has 0 radical (unpaired) electrons. The lowest BCUT2D eigenvalue weighted by atomic mass is 9.91. The molecular weight excluding hydrogens is 266 g/mol. The fourth-order valence-corrected chi connectivity index (χ4v) is 4.03. The molecule has 2 fully saturated rings. The van der Waals surface area contributed by atoms with Crippen molar-refractivity contribution in [3.05, 3.63) is 33.9 Å². The van der Waals surface area contributed by atoms with Crippen LogP contribution in [0.4, 0.5) is 11.4 Å². The highest BCUT2D eigenvalue weighted by Crippen LogP contribution is 2.37. The Morgan fingerprint density at radius 1 is 1.33 bits per heavy atom. The van der Waals surface area contributed by atoms with Crippen molar-refractivity contribution in [2.24, 2.45) is 5.92 Å². The molecule has 5 nitrogen and oxygen atoms in total. The number of rotatable bonds is 4. The summed E-state index contributed by atoms with van der Waals surface area (Å²) in [6.45, 7) is 2.07. The van der Waals surface area contributed by atoms with Gasteiger partial charge in [0.05, 0.1) is 4.92 Å². The van der Waals surface area contributed by atoms with Crippen LogP contribution in [0.1, 0.15) is 37.7 Å². The first-order chi connectivity index (χ1) is 10.2. The molecule has 1 aromatic rings. The number of fused-ring (bicyclic) bond motifs is 1. The van der Waals surface area contributed by atoms with Crippen molar-refractivity contribution in [1.82, 2.24) is 4.90 Å². The van der Waals surface area contributed by atoms with Gasteiger partial charge in [-0.3, -0.25) is 15.0 Å². The van der Waals surface area contributed by atoms with Crippen molar-refractivity contribution in [1.29, 1.82) is 0 Å². The Balaban J connectivity index is 1.76. The summed E-state index contributed by atoms with van der Waals surface area (Å²) in [5.74, 6) is 0.876. The highest BCUT2D eigenvalue weighted by Gasteiger charge is 2.34. The van der Waals surface area contributed by atoms with E-state index in [0.29, 0.717) is 5.69 Å². The zero-order chi connectivity index (χ0) is 14.8. The Bertz CT molecular complexity index is 532. The van der Waals surface area contributed by atoms with Crippen LogP contribution in [0, 0.1) is 16.0 Å². The van der Waals surface area contributed by atoms with Gasteiger partial charge in [0.25, 0.3) is 5.69 Å². The zero-order valence-electron chi connectivity index (χ0n) is 12.5. The highest BCUT2D eigenvalue weighted by molar-refractivity contribution is 5.62. The molecule has 1 heterocycles. The number of nitrogens with one attached hydrogen (secondary N) is 1. The lowest BCUT2D eigenvalue weighted by molar-refractivity contribution is -0.384. The van der Waals surface area contributed by atoms with Crippen LogP contribution in [0.15, 0.2) is 18.2 Å². The third-order valence-corrected chi connectivity index (χ3v) is 5.02. The first kappa shape index (κ1) is 14.3. The summed E-state index contributed by atoms with van der Waals surface area (Å²) in [7, 11) is 1.74. The summed E-state index contributed by atoms with van der Waals surface area (Å²) in [6, 6.07) is 6.18. The third kappa shape index (κ3) is 2.88. The fourth-order valence-electron chi connectivity index (χ4n) is 4.03. The standard InChI is InChI=1S/C16H23N3O2/c1-17-14-10-12(7-8-16(14)19(20)21)11-18-9-3-5-13-4-2-6-15(13)18/h7-8,10,13,15,17H,2-6,9,11H2,1H3. The summed E-state index contributed by atoms with van der Waals surface area (Å²) in [5, 5.41) is 13.9. The van der Waals surface area contributed by atoms with Gasteiger partial charge in [-0.05, 0) is 49.8 Å². The van der Waals surface area contributed by atoms with Crippen LogP contribution < -0.4 is 5.32 Å². The van der Waals surface area contributed by atoms with E-state index in [4.69, 9.17) is 0 Å². The number of nitro benzene ring substituents is 1. The maximum absolute atomic E-state index is 11.0. The van der Waals surface area contributed by atoms with Crippen molar-refractivity contribution in [3.8, 4) is 0 Å². The van der Waals surface area contributed by atoms with E-state index < -0.39 is 0 Å². The largest absolute Gasteiger partial charge is 0.383 e. The predicted molar refractivity (Wildman–Crippen MR) is 83.4 cm³/mol. The van der Waals surface area contributed by atoms with Crippen molar-refractivity contribution in [2.75, 3.05) is 18.9 Å². The zero-order valence-corrected chi connectivity index (χ0v) is 12.5. The number of anilines is 1. The Labute approximate surface area is 125 Å². The van der Waals surface area contributed by atoms with E-state index in [0.717, 1.165) is 30.6 Å². The number of hydrogen-bond donors (Lipinski definition) is 1. The van der Waals surface area contributed by atoms with Gasteiger partial charge in [0.2, 0.25) is 0 Å². The molecule has 1 saturated carbocycles. The maximum atomic E-state index is 11.0. The monoisotopic (exact) mass is 289 g/mol. The molecule has 3 rings (SSSR count). The molecule has 2 aliphatic rings. The van der Waals surface area contributed by atoms with E-state index >= 15 is 0 Å². The fraction of sp³-hybridized carbons (Fsp3) is 0.625. The molecule has 114 valence electrons. The Kier molecular flexibility index (Phi) is 4.10. The molecule has 0 spiro atoms. The van der Waals surface area contributed by atoms with Gasteiger partial charge in [-0.1, -0.05) is 12.5 Å². The van der Waals surface area contributed by atoms with E-state index in [-0.39, 0.29) is 10.6 Å². The van der Waals surface area contributed by atoms with Gasteiger partial charge in [0.1, 0.15) is 5.69 Å². The summed E-state index contributed by atoms with van der Waals surface area (Å²) < 4.78 is 0. The number of piperidine rings is 1. The van der Waals surface area contributed by atoms with Crippen LogP contribution in [-0.2, 0) is 6.54 Å². The lowest BCUT2D eigenvalue weighted by Gasteiger charge is -2.37. The minimum absolute atomic E-state index is 0.152. The maximum Gasteiger partial charge on any atom is 0.292 e. The second kappa shape index (κ2) is 6.02. The average molecular weight is 289 g/mol. The van der Waals surface area contributed by atoms with Crippen molar-refractivity contribution in [3.63, 3.8) is 0 Å². The lowest BCUT2D eigenvalue weighted by Crippen LogP contribution is -2.41. The highest BCUT2D eigenvalue weighted by atomic mass is 16.6. The van der Waals surface area contributed by atoms with Crippen molar-refractivity contribution >= 4 is 11.4 Å². The molecule has 1 N–H and O–H groups in total. The molecule has 1 saturated heterocycles. The summed E-state index contributed by atoms with van der Waals surface area (Å²) in [5.41, 5.74) is 1.92. The second-order valence-electron chi connectivity index (χ2n) is 6.23. The Hall–Kier alpha value is -1.62. The summed E-state index contributed by atoms with van der Waals surface area (Å²) in [4.78, 5) is 13.2. The van der Waals surface area contributed by atoms with Crippen LogP contribution in [-0.4, -0.2) is 29.5 Å². The van der Waals surface area contributed by atoms with Crippen LogP contribution in [0.3, 0.4) is 0 Å².